The maximum atomic E-state index is 11.8. The summed E-state index contributed by atoms with van der Waals surface area (Å²) in [4.78, 5) is 11.2. The number of sulfone groups is 1. The Morgan fingerprint density at radius 1 is 1.00 bits per heavy atom. The van der Waals surface area contributed by atoms with E-state index < -0.39 is 9.84 Å². The fourth-order valence-electron chi connectivity index (χ4n) is 3.66. The van der Waals surface area contributed by atoms with E-state index in [1.54, 1.807) is 12.1 Å². The minimum absolute atomic E-state index is 0.332. The zero-order chi connectivity index (χ0) is 21.2. The van der Waals surface area contributed by atoms with E-state index >= 15 is 0 Å². The summed E-state index contributed by atoms with van der Waals surface area (Å²) in [5.41, 5.74) is 4.17. The van der Waals surface area contributed by atoms with Crippen LogP contribution in [0.25, 0.3) is 22.7 Å². The van der Waals surface area contributed by atoms with Crippen LogP contribution in [-0.4, -0.2) is 43.4 Å². The van der Waals surface area contributed by atoms with Gasteiger partial charge in [0, 0.05) is 36.0 Å². The molecule has 0 amide bonds. The van der Waals surface area contributed by atoms with Gasteiger partial charge in [0.2, 0.25) is 0 Å². The predicted octanol–water partition coefficient (Wildman–Crippen LogP) is 3.31. The van der Waals surface area contributed by atoms with Crippen molar-refractivity contribution in [2.24, 2.45) is 4.99 Å². The van der Waals surface area contributed by atoms with Crippen LogP contribution in [0.4, 0.5) is 0 Å². The van der Waals surface area contributed by atoms with Crippen molar-refractivity contribution in [2.45, 2.75) is 51.9 Å². The van der Waals surface area contributed by atoms with Crippen LogP contribution in [0.5, 0.6) is 0 Å². The Balaban J connectivity index is 2.21. The summed E-state index contributed by atoms with van der Waals surface area (Å²) in [6.07, 6.45) is 4.87. The number of aromatic amines is 1. The van der Waals surface area contributed by atoms with Crippen molar-refractivity contribution in [3.8, 4) is 11.3 Å². The molecule has 0 unspecified atom stereocenters. The van der Waals surface area contributed by atoms with E-state index in [2.05, 4.69) is 29.8 Å². The number of benzene rings is 1. The van der Waals surface area contributed by atoms with Gasteiger partial charge in [0.25, 0.3) is 0 Å². The standard InChI is InChI=1S/C23H31N3O2S/c1-16(2)20-15-21(18-9-11-19(12-10-18)29(5,27)28)25-22(20)23(24-17(3)4)26-13-7-6-8-14-26/h9-12,15,25H,6-8,13-14H2,1-5H3/b23-22-. The van der Waals surface area contributed by atoms with E-state index in [0.29, 0.717) is 4.90 Å². The first kappa shape index (κ1) is 21.4. The smallest absolute Gasteiger partial charge is 0.175 e. The Bertz CT molecular complexity index is 1130. The fraction of sp³-hybridized carbons (Fsp3) is 0.435. The number of aliphatic imine (C=N–C) groups is 1. The minimum atomic E-state index is -3.20. The van der Waals surface area contributed by atoms with Crippen LogP contribution >= 0.6 is 0 Å². The highest BCUT2D eigenvalue weighted by molar-refractivity contribution is 7.90. The van der Waals surface area contributed by atoms with Gasteiger partial charge < -0.3 is 9.88 Å². The van der Waals surface area contributed by atoms with Crippen molar-refractivity contribution in [1.29, 1.82) is 0 Å². The maximum Gasteiger partial charge on any atom is 0.175 e. The van der Waals surface area contributed by atoms with E-state index in [-0.39, 0.29) is 0 Å². The molecule has 3 rings (SSSR count). The summed E-state index contributed by atoms with van der Waals surface area (Å²) < 4.78 is 23.5. The quantitative estimate of drug-likeness (QED) is 0.782. The molecule has 1 aromatic carbocycles. The average Bonchev–Trinajstić information content (AvgIpc) is 3.11. The second-order valence-electron chi connectivity index (χ2n) is 8.20. The van der Waals surface area contributed by atoms with Crippen LogP contribution in [0.2, 0.25) is 0 Å². The summed E-state index contributed by atoms with van der Waals surface area (Å²) in [5, 5.41) is 2.19. The number of hydrogen-bond acceptors (Lipinski definition) is 4. The van der Waals surface area contributed by atoms with Crippen LogP contribution in [0.1, 0.15) is 47.0 Å². The van der Waals surface area contributed by atoms with Crippen molar-refractivity contribution < 1.29 is 8.42 Å². The topological polar surface area (TPSA) is 65.5 Å². The molecule has 0 radical (unpaired) electrons. The highest BCUT2D eigenvalue weighted by Gasteiger charge is 2.16. The largest absolute Gasteiger partial charge is 0.355 e. The first-order valence-electron chi connectivity index (χ1n) is 10.1. The second kappa shape index (κ2) is 8.57. The number of hydrogen-bond donors (Lipinski definition) is 1. The monoisotopic (exact) mass is 413 g/mol. The van der Waals surface area contributed by atoms with Gasteiger partial charge in [0.05, 0.1) is 10.2 Å². The normalized spacial score (nSPS) is 15.8. The number of H-pyrrole nitrogens is 1. The van der Waals surface area contributed by atoms with E-state index in [1.807, 2.05) is 26.0 Å². The van der Waals surface area contributed by atoms with Crippen molar-refractivity contribution in [2.75, 3.05) is 19.3 Å². The number of aromatic nitrogens is 1. The molecular formula is C23H31N3O2S. The van der Waals surface area contributed by atoms with Crippen LogP contribution in [0.15, 0.2) is 40.2 Å². The molecule has 0 atom stereocenters. The lowest BCUT2D eigenvalue weighted by atomic mass is 10.1. The van der Waals surface area contributed by atoms with Gasteiger partial charge in [-0.1, -0.05) is 17.7 Å². The lowest BCUT2D eigenvalue weighted by molar-refractivity contribution is 0.319. The lowest BCUT2D eigenvalue weighted by Gasteiger charge is -2.28. The molecule has 1 saturated heterocycles. The van der Waals surface area contributed by atoms with Crippen molar-refractivity contribution in [3.05, 3.63) is 40.9 Å². The molecule has 1 fully saturated rings. The second-order valence-corrected chi connectivity index (χ2v) is 10.2. The van der Waals surface area contributed by atoms with Crippen LogP contribution < -0.4 is 10.6 Å². The van der Waals surface area contributed by atoms with Gasteiger partial charge in [0.1, 0.15) is 0 Å². The molecule has 6 heteroatoms. The molecule has 1 aliphatic heterocycles. The Labute approximate surface area is 173 Å². The molecule has 2 aromatic rings. The minimum Gasteiger partial charge on any atom is -0.355 e. The van der Waals surface area contributed by atoms with E-state index in [1.165, 1.54) is 31.1 Å². The Morgan fingerprint density at radius 2 is 1.62 bits per heavy atom. The molecule has 5 nitrogen and oxygen atoms in total. The molecule has 1 aliphatic rings. The molecule has 2 heterocycles. The molecule has 1 aromatic heterocycles. The van der Waals surface area contributed by atoms with Crippen molar-refractivity contribution in [3.63, 3.8) is 0 Å². The summed E-state index contributed by atoms with van der Waals surface area (Å²) in [6, 6.07) is 9.18. The third kappa shape index (κ3) is 4.99. The SMILES string of the molecule is CC(C)=N/C(=c1/[nH]c(-c2ccc(S(C)(=O)=O)cc2)cc1=C(C)C)N1CCCCC1. The third-order valence-electron chi connectivity index (χ3n) is 5.16. The molecule has 0 aliphatic carbocycles. The number of nitrogens with zero attached hydrogens (tertiary/aromatic N) is 2. The van der Waals surface area contributed by atoms with E-state index in [0.717, 1.165) is 46.4 Å². The van der Waals surface area contributed by atoms with Crippen LogP contribution in [0.3, 0.4) is 0 Å². The Hall–Kier alpha value is -2.34. The number of rotatable bonds is 4. The van der Waals surface area contributed by atoms with Crippen molar-refractivity contribution >= 4 is 26.9 Å². The van der Waals surface area contributed by atoms with Gasteiger partial charge in [-0.2, -0.15) is 0 Å². The summed E-state index contributed by atoms with van der Waals surface area (Å²) in [5.74, 6) is 1.000. The van der Waals surface area contributed by atoms with E-state index in [4.69, 9.17) is 4.99 Å². The van der Waals surface area contributed by atoms with Crippen molar-refractivity contribution in [1.82, 2.24) is 9.88 Å². The van der Waals surface area contributed by atoms with Gasteiger partial charge in [0.15, 0.2) is 15.7 Å². The van der Waals surface area contributed by atoms with Crippen LogP contribution in [-0.2, 0) is 9.84 Å². The van der Waals surface area contributed by atoms with Gasteiger partial charge in [-0.25, -0.2) is 13.4 Å². The molecule has 0 spiro atoms. The number of piperidine rings is 1. The first-order valence-corrected chi connectivity index (χ1v) is 12.0. The molecule has 0 bridgehead atoms. The third-order valence-corrected chi connectivity index (χ3v) is 6.29. The zero-order valence-electron chi connectivity index (χ0n) is 18.0. The molecular weight excluding hydrogens is 382 g/mol. The Morgan fingerprint density at radius 3 is 2.14 bits per heavy atom. The van der Waals surface area contributed by atoms with Gasteiger partial charge in [-0.3, -0.25) is 0 Å². The molecule has 156 valence electrons. The average molecular weight is 414 g/mol. The predicted molar refractivity (Wildman–Crippen MR) is 121 cm³/mol. The number of likely N-dealkylation sites (tertiary alicyclic amines) is 1. The van der Waals surface area contributed by atoms with Gasteiger partial charge in [-0.05, 0) is 70.7 Å². The summed E-state index contributed by atoms with van der Waals surface area (Å²) >= 11 is 0. The molecule has 1 N–H and O–H groups in total. The summed E-state index contributed by atoms with van der Waals surface area (Å²) in [7, 11) is -3.20. The van der Waals surface area contributed by atoms with Crippen LogP contribution in [0, 0.1) is 0 Å². The molecule has 0 saturated carbocycles. The molecule has 29 heavy (non-hydrogen) atoms. The van der Waals surface area contributed by atoms with Gasteiger partial charge in [-0.15, -0.1) is 0 Å². The Kier molecular flexibility index (Phi) is 6.32. The first-order chi connectivity index (χ1) is 13.7. The maximum absolute atomic E-state index is 11.8. The summed E-state index contributed by atoms with van der Waals surface area (Å²) in [6.45, 7) is 10.3. The fourth-order valence-corrected chi connectivity index (χ4v) is 4.30. The lowest BCUT2D eigenvalue weighted by Crippen LogP contribution is -2.37. The highest BCUT2D eigenvalue weighted by Crippen LogP contribution is 2.19. The van der Waals surface area contributed by atoms with E-state index in [9.17, 15) is 8.42 Å². The van der Waals surface area contributed by atoms with Gasteiger partial charge >= 0.3 is 0 Å². The number of nitrogens with one attached hydrogen (secondary N) is 1. The zero-order valence-corrected chi connectivity index (χ0v) is 18.9. The highest BCUT2D eigenvalue weighted by atomic mass is 32.2.